The van der Waals surface area contributed by atoms with Gasteiger partial charge in [0.05, 0.1) is 0 Å². The predicted molar refractivity (Wildman–Crippen MR) is 82.0 cm³/mol. The zero-order valence-corrected chi connectivity index (χ0v) is 12.5. The van der Waals surface area contributed by atoms with Crippen LogP contribution in [0.3, 0.4) is 0 Å². The molecule has 0 atom stereocenters. The molecular formula is C17H25NO2. The van der Waals surface area contributed by atoms with Crippen LogP contribution in [0.2, 0.25) is 0 Å². The third kappa shape index (κ3) is 3.33. The highest BCUT2D eigenvalue weighted by Crippen LogP contribution is 2.37. The Bertz CT molecular complexity index is 445. The summed E-state index contributed by atoms with van der Waals surface area (Å²) in [6.45, 7) is 4.23. The molecule has 1 aromatic carbocycles. The summed E-state index contributed by atoms with van der Waals surface area (Å²) in [5, 5.41) is 12.9. The molecule has 0 unspecified atom stereocenters. The minimum atomic E-state index is -0.778. The first-order valence-corrected chi connectivity index (χ1v) is 7.64. The fraction of sp³-hybridized carbons (Fsp3) is 0.588. The van der Waals surface area contributed by atoms with Gasteiger partial charge in [0.2, 0.25) is 0 Å². The lowest BCUT2D eigenvalue weighted by atomic mass is 9.75. The third-order valence-corrected chi connectivity index (χ3v) is 4.50. The van der Waals surface area contributed by atoms with E-state index >= 15 is 0 Å². The quantitative estimate of drug-likeness (QED) is 0.845. The molecule has 0 amide bonds. The van der Waals surface area contributed by atoms with E-state index in [4.69, 9.17) is 0 Å². The van der Waals surface area contributed by atoms with Crippen LogP contribution < -0.4 is 5.32 Å². The van der Waals surface area contributed by atoms with Crippen molar-refractivity contribution in [1.29, 1.82) is 0 Å². The highest BCUT2D eigenvalue weighted by Gasteiger charge is 2.41. The van der Waals surface area contributed by atoms with Gasteiger partial charge in [0.25, 0.3) is 0 Å². The number of carboxylic acid groups (broad SMARTS) is 1. The van der Waals surface area contributed by atoms with Gasteiger partial charge in [0.15, 0.2) is 0 Å². The van der Waals surface area contributed by atoms with Gasteiger partial charge in [-0.2, -0.15) is 0 Å². The summed E-state index contributed by atoms with van der Waals surface area (Å²) in [5.74, 6) is -0.0136. The molecule has 0 radical (unpaired) electrons. The lowest BCUT2D eigenvalue weighted by Gasteiger charge is -2.38. The highest BCUT2D eigenvalue weighted by molar-refractivity contribution is 5.83. The van der Waals surface area contributed by atoms with Gasteiger partial charge in [-0.3, -0.25) is 0 Å². The fourth-order valence-electron chi connectivity index (χ4n) is 3.17. The van der Waals surface area contributed by atoms with Crippen LogP contribution in [-0.4, -0.2) is 16.6 Å². The molecule has 2 rings (SSSR count). The smallest absolute Gasteiger partial charge is 0.329 e. The fourth-order valence-corrected chi connectivity index (χ4v) is 3.17. The van der Waals surface area contributed by atoms with E-state index in [1.165, 1.54) is 18.4 Å². The minimum absolute atomic E-state index is 0.701. The maximum Gasteiger partial charge on any atom is 0.329 e. The van der Waals surface area contributed by atoms with Gasteiger partial charge in [-0.15, -0.1) is 0 Å². The summed E-state index contributed by atoms with van der Waals surface area (Å²) in [6, 6.07) is 7.97. The molecule has 0 saturated heterocycles. The molecule has 0 aliphatic heterocycles. The summed E-state index contributed by atoms with van der Waals surface area (Å²) < 4.78 is 0. The number of hydrogen-bond acceptors (Lipinski definition) is 2. The molecule has 0 heterocycles. The van der Waals surface area contributed by atoms with Crippen molar-refractivity contribution >= 4 is 11.7 Å². The summed E-state index contributed by atoms with van der Waals surface area (Å²) in [6.07, 6.45) is 5.89. The van der Waals surface area contributed by atoms with Gasteiger partial charge >= 0.3 is 5.97 Å². The van der Waals surface area contributed by atoms with E-state index in [0.29, 0.717) is 5.92 Å². The van der Waals surface area contributed by atoms with Crippen LogP contribution in [-0.2, 0) is 4.79 Å². The van der Waals surface area contributed by atoms with Crippen molar-refractivity contribution in [2.45, 2.75) is 57.9 Å². The Labute approximate surface area is 121 Å². The number of aryl methyl sites for hydroxylation is 1. The zero-order valence-electron chi connectivity index (χ0n) is 12.5. The SMILES string of the molecule is CCCC1CCC(Nc2ccc(C)cc2)(C(=O)O)CC1. The van der Waals surface area contributed by atoms with Crippen LogP contribution in [0.25, 0.3) is 0 Å². The Balaban J connectivity index is 2.08. The second-order valence-corrected chi connectivity index (χ2v) is 6.11. The first kappa shape index (κ1) is 14.9. The maximum absolute atomic E-state index is 11.7. The van der Waals surface area contributed by atoms with Crippen molar-refractivity contribution in [1.82, 2.24) is 0 Å². The number of rotatable bonds is 5. The highest BCUT2D eigenvalue weighted by atomic mass is 16.4. The van der Waals surface area contributed by atoms with Crippen LogP contribution in [0.5, 0.6) is 0 Å². The molecule has 1 aliphatic carbocycles. The average molecular weight is 275 g/mol. The first-order valence-electron chi connectivity index (χ1n) is 7.64. The Hall–Kier alpha value is -1.51. The van der Waals surface area contributed by atoms with Crippen LogP contribution >= 0.6 is 0 Å². The molecule has 3 heteroatoms. The second kappa shape index (κ2) is 6.29. The van der Waals surface area contributed by atoms with E-state index in [1.807, 2.05) is 31.2 Å². The Morgan fingerprint density at radius 3 is 2.40 bits per heavy atom. The summed E-state index contributed by atoms with van der Waals surface area (Å²) in [5.41, 5.74) is 1.32. The molecule has 1 fully saturated rings. The number of anilines is 1. The predicted octanol–water partition coefficient (Wildman–Crippen LogP) is 4.22. The molecule has 3 nitrogen and oxygen atoms in total. The van der Waals surface area contributed by atoms with Gasteiger partial charge in [-0.05, 0) is 50.7 Å². The number of nitrogens with one attached hydrogen (secondary N) is 1. The maximum atomic E-state index is 11.7. The van der Waals surface area contributed by atoms with Crippen LogP contribution in [0.4, 0.5) is 5.69 Å². The first-order chi connectivity index (χ1) is 9.55. The summed E-state index contributed by atoms with van der Waals surface area (Å²) >= 11 is 0. The molecule has 20 heavy (non-hydrogen) atoms. The van der Waals surface area contributed by atoms with Crippen molar-refractivity contribution in [3.8, 4) is 0 Å². The topological polar surface area (TPSA) is 49.3 Å². The van der Waals surface area contributed by atoms with Crippen molar-refractivity contribution in [3.63, 3.8) is 0 Å². The lowest BCUT2D eigenvalue weighted by molar-refractivity contribution is -0.143. The van der Waals surface area contributed by atoms with E-state index in [0.717, 1.165) is 31.4 Å². The molecule has 1 aromatic rings. The van der Waals surface area contributed by atoms with Gasteiger partial charge in [0.1, 0.15) is 5.54 Å². The van der Waals surface area contributed by atoms with Gasteiger partial charge < -0.3 is 10.4 Å². The number of carbonyl (C=O) groups is 1. The molecule has 0 aromatic heterocycles. The average Bonchev–Trinajstić information content (AvgIpc) is 2.44. The number of benzene rings is 1. The van der Waals surface area contributed by atoms with Gasteiger partial charge in [0, 0.05) is 5.69 Å². The van der Waals surface area contributed by atoms with Crippen molar-refractivity contribution < 1.29 is 9.90 Å². The van der Waals surface area contributed by atoms with Crippen molar-refractivity contribution in [2.75, 3.05) is 5.32 Å². The van der Waals surface area contributed by atoms with Gasteiger partial charge in [-0.1, -0.05) is 37.5 Å². The Morgan fingerprint density at radius 2 is 1.90 bits per heavy atom. The van der Waals surface area contributed by atoms with E-state index in [-0.39, 0.29) is 0 Å². The van der Waals surface area contributed by atoms with E-state index in [2.05, 4.69) is 12.2 Å². The minimum Gasteiger partial charge on any atom is -0.480 e. The Morgan fingerprint density at radius 1 is 1.30 bits per heavy atom. The Kier molecular flexibility index (Phi) is 4.69. The van der Waals surface area contributed by atoms with E-state index < -0.39 is 11.5 Å². The largest absolute Gasteiger partial charge is 0.480 e. The zero-order chi connectivity index (χ0) is 14.6. The summed E-state index contributed by atoms with van der Waals surface area (Å²) in [4.78, 5) is 11.7. The molecule has 2 N–H and O–H groups in total. The van der Waals surface area contributed by atoms with Crippen molar-refractivity contribution in [3.05, 3.63) is 29.8 Å². The van der Waals surface area contributed by atoms with Crippen LogP contribution in [0.15, 0.2) is 24.3 Å². The third-order valence-electron chi connectivity index (χ3n) is 4.50. The standard InChI is InChI=1S/C17H25NO2/c1-3-4-14-9-11-17(12-10-14,16(19)20)18-15-7-5-13(2)6-8-15/h5-8,14,18H,3-4,9-12H2,1-2H3,(H,19,20). The molecule has 0 bridgehead atoms. The van der Waals surface area contributed by atoms with Crippen LogP contribution in [0.1, 0.15) is 51.0 Å². The number of hydrogen-bond donors (Lipinski definition) is 2. The van der Waals surface area contributed by atoms with E-state index in [9.17, 15) is 9.90 Å². The number of aliphatic carboxylic acids is 1. The van der Waals surface area contributed by atoms with E-state index in [1.54, 1.807) is 0 Å². The molecular weight excluding hydrogens is 250 g/mol. The molecule has 1 aliphatic rings. The molecule has 110 valence electrons. The monoisotopic (exact) mass is 275 g/mol. The lowest BCUT2D eigenvalue weighted by Crippen LogP contribution is -2.49. The molecule has 1 saturated carbocycles. The molecule has 0 spiro atoms. The van der Waals surface area contributed by atoms with Crippen LogP contribution in [0, 0.1) is 12.8 Å². The van der Waals surface area contributed by atoms with Crippen molar-refractivity contribution in [2.24, 2.45) is 5.92 Å². The number of carboxylic acids is 1. The summed E-state index contributed by atoms with van der Waals surface area (Å²) in [7, 11) is 0. The normalized spacial score (nSPS) is 26.2. The second-order valence-electron chi connectivity index (χ2n) is 6.11. The van der Waals surface area contributed by atoms with Gasteiger partial charge in [-0.25, -0.2) is 4.79 Å².